The molecule has 1 heterocycles. The second-order valence-corrected chi connectivity index (χ2v) is 7.48. The predicted octanol–water partition coefficient (Wildman–Crippen LogP) is 2.18. The Morgan fingerprint density at radius 2 is 1.68 bits per heavy atom. The van der Waals surface area contributed by atoms with Gasteiger partial charge < -0.3 is 19.6 Å². The van der Waals surface area contributed by atoms with E-state index in [0.717, 1.165) is 13.1 Å². The van der Waals surface area contributed by atoms with Crippen LogP contribution in [-0.2, 0) is 9.59 Å². The number of aliphatic hydroxyl groups excluding tert-OH is 1. The minimum atomic E-state index is -0.739. The van der Waals surface area contributed by atoms with Crippen LogP contribution in [0.25, 0.3) is 5.76 Å². The summed E-state index contributed by atoms with van der Waals surface area (Å²) < 4.78 is 18.6. The number of methoxy groups -OCH3 is 1. The number of nitrogens with zero attached hydrogens (tertiary/aromatic N) is 1. The Labute approximate surface area is 181 Å². The summed E-state index contributed by atoms with van der Waals surface area (Å²) in [6, 6.07) is 11.5. The highest BCUT2D eigenvalue weighted by Crippen LogP contribution is 2.39. The summed E-state index contributed by atoms with van der Waals surface area (Å²) in [5, 5.41) is 10.9. The van der Waals surface area contributed by atoms with Crippen LogP contribution < -0.4 is 9.64 Å². The van der Waals surface area contributed by atoms with Crippen molar-refractivity contribution in [1.29, 1.82) is 0 Å². The lowest BCUT2D eigenvalue weighted by Crippen LogP contribution is -3.12. The van der Waals surface area contributed by atoms with Gasteiger partial charge in [0.25, 0.3) is 11.7 Å². The lowest BCUT2D eigenvalue weighted by Gasteiger charge is -2.27. The molecule has 0 saturated carbocycles. The highest BCUT2D eigenvalue weighted by molar-refractivity contribution is 6.46. The van der Waals surface area contributed by atoms with Crippen LogP contribution in [0.3, 0.4) is 0 Å². The summed E-state index contributed by atoms with van der Waals surface area (Å²) in [6.07, 6.45) is 0. The van der Waals surface area contributed by atoms with E-state index in [1.165, 1.54) is 34.1 Å². The average Bonchev–Trinajstić information content (AvgIpc) is 3.04. The number of quaternary nitrogens is 1. The maximum atomic E-state index is 13.3. The highest BCUT2D eigenvalue weighted by atomic mass is 19.1. The number of aliphatic hydroxyl groups is 1. The number of ether oxygens (including phenoxy) is 1. The number of benzene rings is 2. The van der Waals surface area contributed by atoms with Crippen molar-refractivity contribution in [2.75, 3.05) is 33.3 Å². The first-order valence-electron chi connectivity index (χ1n) is 10.4. The van der Waals surface area contributed by atoms with Crippen LogP contribution in [0.15, 0.2) is 54.1 Å². The van der Waals surface area contributed by atoms with Crippen LogP contribution in [-0.4, -0.2) is 55.0 Å². The van der Waals surface area contributed by atoms with Crippen molar-refractivity contribution in [3.63, 3.8) is 0 Å². The van der Waals surface area contributed by atoms with Crippen molar-refractivity contribution in [2.45, 2.75) is 19.9 Å². The van der Waals surface area contributed by atoms with Gasteiger partial charge in [0.05, 0.1) is 44.9 Å². The van der Waals surface area contributed by atoms with Crippen molar-refractivity contribution in [1.82, 2.24) is 4.90 Å². The normalized spacial score (nSPS) is 18.1. The van der Waals surface area contributed by atoms with Crippen LogP contribution >= 0.6 is 0 Å². The van der Waals surface area contributed by atoms with E-state index in [4.69, 9.17) is 4.74 Å². The molecule has 31 heavy (non-hydrogen) atoms. The Hall–Kier alpha value is -3.19. The zero-order valence-corrected chi connectivity index (χ0v) is 18.0. The minimum Gasteiger partial charge on any atom is -0.507 e. The van der Waals surface area contributed by atoms with Crippen molar-refractivity contribution in [3.05, 3.63) is 71.0 Å². The lowest BCUT2D eigenvalue weighted by molar-refractivity contribution is -0.895. The standard InChI is InChI=1S/C24H27FN2O4/c1-4-26(5-2)14-15-27-21(16-8-12-19(31-3)13-9-16)20(23(29)24(27)30)22(28)17-6-10-18(25)11-7-17/h6-13,21,28H,4-5,14-15H2,1-3H3/p+1/t21-/m1/s1. The number of likely N-dealkylation sites (N-methyl/N-ethyl adjacent to an activating group) is 1. The molecule has 1 aliphatic rings. The van der Waals surface area contributed by atoms with Gasteiger partial charge in [0, 0.05) is 5.56 Å². The molecule has 2 aromatic rings. The summed E-state index contributed by atoms with van der Waals surface area (Å²) in [6.45, 7) is 7.01. The number of hydrogen-bond donors (Lipinski definition) is 2. The molecule has 0 radical (unpaired) electrons. The number of carbonyl (C=O) groups is 2. The lowest BCUT2D eigenvalue weighted by atomic mass is 9.95. The zero-order chi connectivity index (χ0) is 22.5. The average molecular weight is 427 g/mol. The fourth-order valence-corrected chi connectivity index (χ4v) is 3.89. The minimum absolute atomic E-state index is 0.0105. The first-order valence-corrected chi connectivity index (χ1v) is 10.4. The van der Waals surface area contributed by atoms with E-state index in [9.17, 15) is 19.1 Å². The number of nitrogens with one attached hydrogen (secondary N) is 1. The molecule has 6 nitrogen and oxygen atoms in total. The molecule has 1 amide bonds. The third-order valence-corrected chi connectivity index (χ3v) is 5.80. The molecule has 1 atom stereocenters. The third kappa shape index (κ3) is 4.61. The van der Waals surface area contributed by atoms with E-state index in [-0.39, 0.29) is 16.9 Å². The fraction of sp³-hybridized carbons (Fsp3) is 0.333. The van der Waals surface area contributed by atoms with Gasteiger partial charge in [0.15, 0.2) is 0 Å². The van der Waals surface area contributed by atoms with Gasteiger partial charge in [-0.25, -0.2) is 4.39 Å². The molecule has 0 aliphatic carbocycles. The molecular weight excluding hydrogens is 399 g/mol. The van der Waals surface area contributed by atoms with Gasteiger partial charge in [-0.3, -0.25) is 9.59 Å². The van der Waals surface area contributed by atoms with Gasteiger partial charge in [0.2, 0.25) is 0 Å². The molecule has 0 aromatic heterocycles. The molecule has 2 aromatic carbocycles. The third-order valence-electron chi connectivity index (χ3n) is 5.80. The van der Waals surface area contributed by atoms with E-state index in [2.05, 4.69) is 13.8 Å². The van der Waals surface area contributed by atoms with Crippen molar-refractivity contribution in [3.8, 4) is 5.75 Å². The largest absolute Gasteiger partial charge is 0.507 e. The fourth-order valence-electron chi connectivity index (χ4n) is 3.89. The quantitative estimate of drug-likeness (QED) is 0.385. The van der Waals surface area contributed by atoms with Gasteiger partial charge in [-0.15, -0.1) is 0 Å². The van der Waals surface area contributed by atoms with Crippen molar-refractivity contribution in [2.24, 2.45) is 0 Å². The Bertz CT molecular complexity index is 966. The first kappa shape index (κ1) is 22.5. The van der Waals surface area contributed by atoms with Crippen LogP contribution in [0.5, 0.6) is 5.75 Å². The predicted molar refractivity (Wildman–Crippen MR) is 115 cm³/mol. The number of amides is 1. The second-order valence-electron chi connectivity index (χ2n) is 7.48. The first-order chi connectivity index (χ1) is 14.9. The molecule has 0 unspecified atom stereocenters. The van der Waals surface area contributed by atoms with E-state index in [1.807, 2.05) is 0 Å². The van der Waals surface area contributed by atoms with Crippen LogP contribution in [0.4, 0.5) is 4.39 Å². The Morgan fingerprint density at radius 1 is 1.06 bits per heavy atom. The molecule has 3 rings (SSSR count). The summed E-state index contributed by atoms with van der Waals surface area (Å²) in [4.78, 5) is 28.7. The monoisotopic (exact) mass is 427 g/mol. The molecule has 0 spiro atoms. The van der Waals surface area contributed by atoms with E-state index >= 15 is 0 Å². The molecule has 2 N–H and O–H groups in total. The molecule has 1 aliphatic heterocycles. The SMILES string of the molecule is CC[NH+](CC)CCN1C(=O)C(=O)C(=C(O)c2ccc(F)cc2)[C@H]1c1ccc(OC)cc1. The Kier molecular flexibility index (Phi) is 7.07. The van der Waals surface area contributed by atoms with E-state index in [0.29, 0.717) is 24.4 Å². The summed E-state index contributed by atoms with van der Waals surface area (Å²) in [5.41, 5.74) is 0.988. The van der Waals surface area contributed by atoms with Gasteiger partial charge >= 0.3 is 0 Å². The van der Waals surface area contributed by atoms with Gasteiger partial charge in [-0.1, -0.05) is 12.1 Å². The topological polar surface area (TPSA) is 71.3 Å². The van der Waals surface area contributed by atoms with Crippen LogP contribution in [0.2, 0.25) is 0 Å². The molecule has 7 heteroatoms. The maximum Gasteiger partial charge on any atom is 0.295 e. The van der Waals surface area contributed by atoms with Gasteiger partial charge in [-0.05, 0) is 55.8 Å². The van der Waals surface area contributed by atoms with Crippen LogP contribution in [0.1, 0.15) is 31.0 Å². The molecule has 1 fully saturated rings. The second kappa shape index (κ2) is 9.75. The number of Topliss-reactive ketones (excluding diaryl/α,β-unsaturated/α-hetero) is 1. The van der Waals surface area contributed by atoms with E-state index < -0.39 is 23.5 Å². The Morgan fingerprint density at radius 3 is 2.23 bits per heavy atom. The van der Waals surface area contributed by atoms with E-state index in [1.54, 1.807) is 31.4 Å². The molecule has 0 bridgehead atoms. The number of carbonyl (C=O) groups excluding carboxylic acids is 2. The number of hydrogen-bond acceptors (Lipinski definition) is 4. The summed E-state index contributed by atoms with van der Waals surface area (Å²) in [5.74, 6) is -1.50. The van der Waals surface area contributed by atoms with Crippen molar-refractivity contribution >= 4 is 17.4 Å². The number of rotatable bonds is 8. The summed E-state index contributed by atoms with van der Waals surface area (Å²) >= 11 is 0. The highest BCUT2D eigenvalue weighted by Gasteiger charge is 2.46. The Balaban J connectivity index is 2.08. The number of ketones is 1. The number of halogens is 1. The maximum absolute atomic E-state index is 13.3. The number of likely N-dealkylation sites (tertiary alicyclic amines) is 1. The smallest absolute Gasteiger partial charge is 0.295 e. The molecule has 164 valence electrons. The van der Waals surface area contributed by atoms with Crippen molar-refractivity contribution < 1.29 is 28.7 Å². The van der Waals surface area contributed by atoms with Crippen LogP contribution in [0, 0.1) is 5.82 Å². The molecular formula is C24H28FN2O4+. The zero-order valence-electron chi connectivity index (χ0n) is 18.0. The van der Waals surface area contributed by atoms with Gasteiger partial charge in [-0.2, -0.15) is 0 Å². The van der Waals surface area contributed by atoms with Gasteiger partial charge in [0.1, 0.15) is 17.3 Å². The molecule has 1 saturated heterocycles. The summed E-state index contributed by atoms with van der Waals surface area (Å²) in [7, 11) is 1.56.